The van der Waals surface area contributed by atoms with Gasteiger partial charge in [-0.3, -0.25) is 13.9 Å². The summed E-state index contributed by atoms with van der Waals surface area (Å²) in [5, 5.41) is 3.08. The second-order valence-corrected chi connectivity index (χ2v) is 12.4. The summed E-state index contributed by atoms with van der Waals surface area (Å²) in [4.78, 5) is 29.0. The molecule has 0 saturated carbocycles. The lowest BCUT2D eigenvalue weighted by atomic mass is 10.0. The van der Waals surface area contributed by atoms with Crippen molar-refractivity contribution in [2.75, 3.05) is 17.9 Å². The Bertz CT molecular complexity index is 1610. The molecule has 1 atom stereocenters. The predicted molar refractivity (Wildman–Crippen MR) is 167 cm³/mol. The van der Waals surface area contributed by atoms with E-state index in [0.29, 0.717) is 10.7 Å². The first-order valence-electron chi connectivity index (χ1n) is 13.5. The Morgan fingerprint density at radius 3 is 1.93 bits per heavy atom. The summed E-state index contributed by atoms with van der Waals surface area (Å²) in [5.41, 5.74) is 4.02. The number of anilines is 1. The lowest BCUT2D eigenvalue weighted by Gasteiger charge is -2.33. The molecule has 1 unspecified atom stereocenters. The van der Waals surface area contributed by atoms with E-state index in [0.717, 1.165) is 26.6 Å². The van der Waals surface area contributed by atoms with E-state index < -0.39 is 28.5 Å². The monoisotopic (exact) mass is 603 g/mol. The van der Waals surface area contributed by atoms with E-state index >= 15 is 0 Å². The Labute approximate surface area is 252 Å². The van der Waals surface area contributed by atoms with Crippen LogP contribution in [0.2, 0.25) is 5.02 Å². The molecule has 0 aliphatic rings. The molecule has 0 aliphatic heterocycles. The molecule has 0 bridgehead atoms. The average molecular weight is 604 g/mol. The van der Waals surface area contributed by atoms with E-state index in [1.165, 1.54) is 36.2 Å². The van der Waals surface area contributed by atoms with Gasteiger partial charge in [-0.1, -0.05) is 89.5 Å². The number of carbonyl (C=O) groups excluding carboxylic acids is 2. The molecule has 0 spiro atoms. The molecule has 9 heteroatoms. The highest BCUT2D eigenvalue weighted by atomic mass is 35.5. The summed E-state index contributed by atoms with van der Waals surface area (Å²) in [6, 6.07) is 29.0. The summed E-state index contributed by atoms with van der Waals surface area (Å²) in [5.74, 6) is -0.861. The van der Waals surface area contributed by atoms with Gasteiger partial charge in [0.05, 0.1) is 10.6 Å². The van der Waals surface area contributed by atoms with Crippen molar-refractivity contribution in [1.82, 2.24) is 10.2 Å². The molecular formula is C33H34ClN3O4S. The molecule has 0 aromatic heterocycles. The Hall–Kier alpha value is -4.14. The molecular weight excluding hydrogens is 570 g/mol. The number of aryl methyl sites for hydroxylation is 2. The van der Waals surface area contributed by atoms with Crippen molar-refractivity contribution in [3.8, 4) is 0 Å². The van der Waals surface area contributed by atoms with Crippen LogP contribution in [-0.4, -0.2) is 44.8 Å². The number of nitrogens with zero attached hydrogens (tertiary/aromatic N) is 2. The Balaban J connectivity index is 1.77. The van der Waals surface area contributed by atoms with Gasteiger partial charge in [0.25, 0.3) is 10.0 Å². The minimum Gasteiger partial charge on any atom is -0.357 e. The zero-order valence-corrected chi connectivity index (χ0v) is 25.4. The predicted octanol–water partition coefficient (Wildman–Crippen LogP) is 5.54. The van der Waals surface area contributed by atoms with Crippen molar-refractivity contribution < 1.29 is 18.0 Å². The molecule has 0 aliphatic carbocycles. The van der Waals surface area contributed by atoms with Gasteiger partial charge in [-0.25, -0.2) is 8.42 Å². The molecule has 0 fully saturated rings. The van der Waals surface area contributed by atoms with Gasteiger partial charge >= 0.3 is 0 Å². The zero-order chi connectivity index (χ0) is 30.3. The summed E-state index contributed by atoms with van der Waals surface area (Å²) >= 11 is 6.03. The maximum absolute atomic E-state index is 14.3. The number of hydrogen-bond donors (Lipinski definition) is 1. The lowest BCUT2D eigenvalue weighted by molar-refractivity contribution is -0.139. The van der Waals surface area contributed by atoms with Crippen molar-refractivity contribution in [1.29, 1.82) is 0 Å². The van der Waals surface area contributed by atoms with Crippen LogP contribution in [0.25, 0.3) is 0 Å². The van der Waals surface area contributed by atoms with E-state index in [-0.39, 0.29) is 23.8 Å². The molecule has 4 aromatic rings. The third-order valence-electron chi connectivity index (χ3n) is 6.99. The van der Waals surface area contributed by atoms with Crippen LogP contribution in [0.4, 0.5) is 5.69 Å². The van der Waals surface area contributed by atoms with Gasteiger partial charge in [0.2, 0.25) is 11.8 Å². The van der Waals surface area contributed by atoms with Gasteiger partial charge < -0.3 is 10.2 Å². The summed E-state index contributed by atoms with van der Waals surface area (Å²) < 4.78 is 29.0. The van der Waals surface area contributed by atoms with Crippen LogP contribution >= 0.6 is 11.6 Å². The van der Waals surface area contributed by atoms with Crippen molar-refractivity contribution in [2.24, 2.45) is 0 Å². The molecule has 4 aromatic carbocycles. The summed E-state index contributed by atoms with van der Waals surface area (Å²) in [6.07, 6.45) is 0.257. The van der Waals surface area contributed by atoms with Gasteiger partial charge in [-0.2, -0.15) is 0 Å². The highest BCUT2D eigenvalue weighted by Gasteiger charge is 2.34. The number of benzene rings is 4. The topological polar surface area (TPSA) is 86.8 Å². The number of hydrogen-bond acceptors (Lipinski definition) is 4. The number of sulfonamides is 1. The minimum atomic E-state index is -4.17. The number of amides is 2. The third-order valence-corrected chi connectivity index (χ3v) is 9.03. The van der Waals surface area contributed by atoms with Crippen LogP contribution in [0.1, 0.15) is 22.3 Å². The SMILES string of the molecule is CNC(=O)C(Cc1ccccc1)N(Cc1ccc(C)cc1)C(=O)CN(c1ccc(C)cc1)S(=O)(=O)c1ccc(Cl)cc1. The second-order valence-electron chi connectivity index (χ2n) is 10.1. The van der Waals surface area contributed by atoms with E-state index in [4.69, 9.17) is 11.6 Å². The smallest absolute Gasteiger partial charge is 0.264 e. The van der Waals surface area contributed by atoms with Crippen LogP contribution in [-0.2, 0) is 32.6 Å². The van der Waals surface area contributed by atoms with E-state index in [9.17, 15) is 18.0 Å². The largest absolute Gasteiger partial charge is 0.357 e. The van der Waals surface area contributed by atoms with Crippen LogP contribution in [0.5, 0.6) is 0 Å². The first-order chi connectivity index (χ1) is 20.1. The highest BCUT2D eigenvalue weighted by Crippen LogP contribution is 2.26. The second kappa shape index (κ2) is 13.7. The van der Waals surface area contributed by atoms with Crippen LogP contribution in [0.15, 0.2) is 108 Å². The molecule has 0 radical (unpaired) electrons. The van der Waals surface area contributed by atoms with Crippen LogP contribution < -0.4 is 9.62 Å². The number of halogens is 1. The third kappa shape index (κ3) is 7.57. The fourth-order valence-electron chi connectivity index (χ4n) is 4.58. The summed E-state index contributed by atoms with van der Waals surface area (Å²) in [7, 11) is -2.65. The van der Waals surface area contributed by atoms with Gasteiger partial charge in [-0.15, -0.1) is 0 Å². The maximum Gasteiger partial charge on any atom is 0.264 e. The number of rotatable bonds is 11. The molecule has 4 rings (SSSR count). The normalized spacial score (nSPS) is 11.9. The van der Waals surface area contributed by atoms with Gasteiger partial charge in [0, 0.05) is 25.0 Å². The fourth-order valence-corrected chi connectivity index (χ4v) is 6.12. The van der Waals surface area contributed by atoms with Gasteiger partial charge in [-0.05, 0) is 61.4 Å². The molecule has 0 saturated heterocycles. The first-order valence-corrected chi connectivity index (χ1v) is 15.4. The molecule has 218 valence electrons. The molecule has 42 heavy (non-hydrogen) atoms. The number of carbonyl (C=O) groups is 2. The van der Waals surface area contributed by atoms with E-state index in [1.54, 1.807) is 24.3 Å². The number of nitrogens with one attached hydrogen (secondary N) is 1. The highest BCUT2D eigenvalue weighted by molar-refractivity contribution is 7.92. The van der Waals surface area contributed by atoms with Crippen molar-refractivity contribution in [2.45, 2.75) is 37.8 Å². The van der Waals surface area contributed by atoms with E-state index in [2.05, 4.69) is 5.32 Å². The molecule has 7 nitrogen and oxygen atoms in total. The number of likely N-dealkylation sites (N-methyl/N-ethyl adjacent to an activating group) is 1. The Morgan fingerprint density at radius 2 is 1.36 bits per heavy atom. The minimum absolute atomic E-state index is 0.00232. The fraction of sp³-hybridized carbons (Fsp3) is 0.212. The molecule has 0 heterocycles. The Morgan fingerprint density at radius 1 is 0.786 bits per heavy atom. The van der Waals surface area contributed by atoms with Gasteiger partial charge in [0.1, 0.15) is 12.6 Å². The molecule has 2 amide bonds. The standard InChI is InChI=1S/C33H34ClN3O4S/c1-24-9-13-27(14-10-24)22-36(31(33(39)35-3)21-26-7-5-4-6-8-26)32(38)23-37(29-17-11-25(2)12-18-29)42(40,41)30-19-15-28(34)16-20-30/h4-20,31H,21-23H2,1-3H3,(H,35,39). The van der Waals surface area contributed by atoms with Crippen molar-refractivity contribution >= 4 is 39.1 Å². The van der Waals surface area contributed by atoms with Crippen molar-refractivity contribution in [3.63, 3.8) is 0 Å². The average Bonchev–Trinajstić information content (AvgIpc) is 2.99. The quantitative estimate of drug-likeness (QED) is 0.244. The lowest BCUT2D eigenvalue weighted by Crippen LogP contribution is -2.53. The molecule has 1 N–H and O–H groups in total. The van der Waals surface area contributed by atoms with Crippen LogP contribution in [0, 0.1) is 13.8 Å². The Kier molecular flexibility index (Phi) is 10.0. The van der Waals surface area contributed by atoms with Crippen molar-refractivity contribution in [3.05, 3.63) is 130 Å². The zero-order valence-electron chi connectivity index (χ0n) is 23.8. The van der Waals surface area contributed by atoms with Gasteiger partial charge in [0.15, 0.2) is 0 Å². The summed E-state index contributed by atoms with van der Waals surface area (Å²) in [6.45, 7) is 3.47. The first kappa shape index (κ1) is 30.8. The van der Waals surface area contributed by atoms with E-state index in [1.807, 2.05) is 68.4 Å². The maximum atomic E-state index is 14.3. The van der Waals surface area contributed by atoms with Crippen LogP contribution in [0.3, 0.4) is 0 Å².